The molecule has 4 N–H and O–H groups in total. The first-order valence-electron chi connectivity index (χ1n) is 13.0. The minimum atomic E-state index is -0.967. The molecule has 39 heavy (non-hydrogen) atoms. The van der Waals surface area contributed by atoms with E-state index in [0.29, 0.717) is 18.2 Å². The van der Waals surface area contributed by atoms with E-state index in [-0.39, 0.29) is 33.4 Å². The Hall–Kier alpha value is -3.49. The molecule has 1 fully saturated rings. The Morgan fingerprint density at radius 3 is 2.44 bits per heavy atom. The van der Waals surface area contributed by atoms with Gasteiger partial charge in [0.1, 0.15) is 5.82 Å². The lowest BCUT2D eigenvalue weighted by molar-refractivity contribution is -0.122. The van der Waals surface area contributed by atoms with Gasteiger partial charge in [-0.3, -0.25) is 9.59 Å². The molecule has 0 heterocycles. The van der Waals surface area contributed by atoms with Crippen LogP contribution in [0.5, 0.6) is 5.75 Å². The van der Waals surface area contributed by atoms with Gasteiger partial charge in [-0.1, -0.05) is 61.2 Å². The molecular formula is C30H32ClF2N3O3. The number of rotatable bonds is 10. The van der Waals surface area contributed by atoms with Crippen LogP contribution in [0.15, 0.2) is 54.6 Å². The highest BCUT2D eigenvalue weighted by molar-refractivity contribution is 6.33. The van der Waals surface area contributed by atoms with Crippen molar-refractivity contribution in [1.29, 1.82) is 0 Å². The van der Waals surface area contributed by atoms with E-state index >= 15 is 8.78 Å². The number of nitrogens with one attached hydrogen (secondary N) is 2. The minimum Gasteiger partial charge on any atom is -0.481 e. The molecule has 4 rings (SSSR count). The Kier molecular flexibility index (Phi) is 9.54. The Balaban J connectivity index is 1.80. The molecule has 0 saturated heterocycles. The number of halogens is 3. The number of nitrogens with two attached hydrogens (primary N) is 1. The minimum absolute atomic E-state index is 0.0260. The average molecular weight is 556 g/mol. The summed E-state index contributed by atoms with van der Waals surface area (Å²) in [6.07, 6.45) is 5.73. The third-order valence-electron chi connectivity index (χ3n) is 7.15. The van der Waals surface area contributed by atoms with E-state index in [1.807, 2.05) is 30.3 Å². The van der Waals surface area contributed by atoms with Gasteiger partial charge in [0.15, 0.2) is 18.2 Å². The van der Waals surface area contributed by atoms with E-state index in [1.165, 1.54) is 44.5 Å². The van der Waals surface area contributed by atoms with Crippen LogP contribution < -0.4 is 21.1 Å². The van der Waals surface area contributed by atoms with Gasteiger partial charge in [0.2, 0.25) is 5.91 Å². The SMILES string of the molecule is CNC(=O)COc1ccc(C(N)=O)c(-c2cc(C(CNC3CCCCC3)c3ccccc3)cc(F)c2Cl)c1F. The summed E-state index contributed by atoms with van der Waals surface area (Å²) in [5.74, 6) is -3.68. The Bertz CT molecular complexity index is 1330. The summed E-state index contributed by atoms with van der Waals surface area (Å²) in [4.78, 5) is 23.9. The lowest BCUT2D eigenvalue weighted by Gasteiger charge is -2.27. The first-order valence-corrected chi connectivity index (χ1v) is 13.4. The maximum atomic E-state index is 15.8. The van der Waals surface area contributed by atoms with Crippen molar-refractivity contribution in [2.24, 2.45) is 5.73 Å². The summed E-state index contributed by atoms with van der Waals surface area (Å²) in [5.41, 5.74) is 6.58. The molecule has 2 amide bonds. The summed E-state index contributed by atoms with van der Waals surface area (Å²) in [6, 6.07) is 15.4. The monoisotopic (exact) mass is 555 g/mol. The van der Waals surface area contributed by atoms with Crippen LogP contribution in [-0.2, 0) is 4.79 Å². The first-order chi connectivity index (χ1) is 18.8. The molecule has 0 aliphatic heterocycles. The molecular weight excluding hydrogens is 524 g/mol. The maximum Gasteiger partial charge on any atom is 0.257 e. The molecule has 1 aliphatic rings. The molecule has 1 aliphatic carbocycles. The van der Waals surface area contributed by atoms with E-state index in [2.05, 4.69) is 10.6 Å². The number of ether oxygens (including phenoxy) is 1. The van der Waals surface area contributed by atoms with Crippen molar-refractivity contribution < 1.29 is 23.1 Å². The molecule has 0 aromatic heterocycles. The summed E-state index contributed by atoms with van der Waals surface area (Å²) >= 11 is 6.39. The van der Waals surface area contributed by atoms with Crippen LogP contribution in [0.3, 0.4) is 0 Å². The summed E-state index contributed by atoms with van der Waals surface area (Å²) < 4.78 is 36.5. The van der Waals surface area contributed by atoms with E-state index < -0.39 is 30.1 Å². The smallest absolute Gasteiger partial charge is 0.257 e. The molecule has 1 unspecified atom stereocenters. The second-order valence-corrected chi connectivity index (χ2v) is 10.1. The van der Waals surface area contributed by atoms with Crippen LogP contribution in [0.2, 0.25) is 5.02 Å². The van der Waals surface area contributed by atoms with Crippen molar-refractivity contribution in [3.05, 3.63) is 87.9 Å². The lowest BCUT2D eigenvalue weighted by Crippen LogP contribution is -2.34. The van der Waals surface area contributed by atoms with Gasteiger partial charge in [0.05, 0.1) is 10.6 Å². The fourth-order valence-electron chi connectivity index (χ4n) is 5.05. The topological polar surface area (TPSA) is 93.4 Å². The number of benzene rings is 3. The van der Waals surface area contributed by atoms with Gasteiger partial charge in [0.25, 0.3) is 5.91 Å². The Morgan fingerprint density at radius 2 is 1.77 bits per heavy atom. The fraction of sp³-hybridized carbons (Fsp3) is 0.333. The normalized spacial score (nSPS) is 14.6. The van der Waals surface area contributed by atoms with Crippen molar-refractivity contribution >= 4 is 23.4 Å². The number of carbonyl (C=O) groups is 2. The molecule has 3 aromatic carbocycles. The molecule has 0 bridgehead atoms. The van der Waals surface area contributed by atoms with E-state index in [4.69, 9.17) is 22.1 Å². The van der Waals surface area contributed by atoms with Crippen LogP contribution in [0.4, 0.5) is 8.78 Å². The van der Waals surface area contributed by atoms with Gasteiger partial charge in [-0.05, 0) is 48.2 Å². The predicted octanol–water partition coefficient (Wildman–Crippen LogP) is 5.56. The number of primary amides is 1. The van der Waals surface area contributed by atoms with E-state index in [0.717, 1.165) is 18.4 Å². The lowest BCUT2D eigenvalue weighted by atomic mass is 9.87. The zero-order valence-corrected chi connectivity index (χ0v) is 22.5. The van der Waals surface area contributed by atoms with Crippen molar-refractivity contribution in [2.75, 3.05) is 20.2 Å². The van der Waals surface area contributed by atoms with Gasteiger partial charge < -0.3 is 21.1 Å². The van der Waals surface area contributed by atoms with Gasteiger partial charge in [0, 0.05) is 36.7 Å². The molecule has 206 valence electrons. The van der Waals surface area contributed by atoms with Gasteiger partial charge in [-0.2, -0.15) is 0 Å². The number of hydrogen-bond acceptors (Lipinski definition) is 4. The largest absolute Gasteiger partial charge is 0.481 e. The van der Waals surface area contributed by atoms with Crippen LogP contribution in [0, 0.1) is 11.6 Å². The molecule has 6 nitrogen and oxygen atoms in total. The highest BCUT2D eigenvalue weighted by Crippen LogP contribution is 2.40. The van der Waals surface area contributed by atoms with Crippen LogP contribution in [0.1, 0.15) is 59.5 Å². The molecule has 0 radical (unpaired) electrons. The van der Waals surface area contributed by atoms with Crippen molar-refractivity contribution in [3.63, 3.8) is 0 Å². The maximum absolute atomic E-state index is 15.8. The second-order valence-electron chi connectivity index (χ2n) is 9.70. The van der Waals surface area contributed by atoms with Crippen molar-refractivity contribution in [1.82, 2.24) is 10.6 Å². The Morgan fingerprint density at radius 1 is 1.05 bits per heavy atom. The number of likely N-dealkylation sites (N-methyl/N-ethyl adjacent to an activating group) is 1. The summed E-state index contributed by atoms with van der Waals surface area (Å²) in [5, 5.41) is 5.66. The van der Waals surface area contributed by atoms with Crippen molar-refractivity contribution in [2.45, 2.75) is 44.1 Å². The predicted molar refractivity (Wildman–Crippen MR) is 148 cm³/mol. The van der Waals surface area contributed by atoms with Gasteiger partial charge >= 0.3 is 0 Å². The van der Waals surface area contributed by atoms with Crippen LogP contribution >= 0.6 is 11.6 Å². The molecule has 9 heteroatoms. The summed E-state index contributed by atoms with van der Waals surface area (Å²) in [7, 11) is 1.42. The molecule has 3 aromatic rings. The number of amides is 2. The summed E-state index contributed by atoms with van der Waals surface area (Å²) in [6.45, 7) is 0.0868. The third kappa shape index (κ3) is 6.75. The highest BCUT2D eigenvalue weighted by Gasteiger charge is 2.26. The molecule has 1 saturated carbocycles. The van der Waals surface area contributed by atoms with Crippen LogP contribution in [-0.4, -0.2) is 38.1 Å². The number of carbonyl (C=O) groups excluding carboxylic acids is 2. The van der Waals surface area contributed by atoms with E-state index in [9.17, 15) is 9.59 Å². The standard InChI is InChI=1S/C30H32ClF2N3O3/c1-35-26(37)17-39-25-13-12-21(30(34)38)27(29(25)33)22-14-19(15-24(32)28(22)31)23(18-8-4-2-5-9-18)16-36-20-10-6-3-7-11-20/h2,4-5,8-9,12-15,20,23,36H,3,6-7,10-11,16-17H2,1H3,(H2,34,38)(H,35,37). The zero-order chi connectivity index (χ0) is 27.9. The highest BCUT2D eigenvalue weighted by atomic mass is 35.5. The van der Waals surface area contributed by atoms with E-state index in [1.54, 1.807) is 6.07 Å². The van der Waals surface area contributed by atoms with Crippen molar-refractivity contribution in [3.8, 4) is 16.9 Å². The van der Waals surface area contributed by atoms with Gasteiger partial charge in [-0.15, -0.1) is 0 Å². The molecule has 0 spiro atoms. The second kappa shape index (κ2) is 13.0. The molecule has 1 atom stereocenters. The number of hydrogen-bond donors (Lipinski definition) is 3. The fourth-order valence-corrected chi connectivity index (χ4v) is 5.25. The van der Waals surface area contributed by atoms with Crippen LogP contribution in [0.25, 0.3) is 11.1 Å². The third-order valence-corrected chi connectivity index (χ3v) is 7.53. The Labute approximate surface area is 231 Å². The average Bonchev–Trinajstić information content (AvgIpc) is 2.95. The van der Waals surface area contributed by atoms with Gasteiger partial charge in [-0.25, -0.2) is 8.78 Å². The quantitative estimate of drug-likeness (QED) is 0.305. The zero-order valence-electron chi connectivity index (χ0n) is 21.7. The first kappa shape index (κ1) is 28.5.